The number of carbonyl (C=O) groups is 1. The van der Waals surface area contributed by atoms with Crippen LogP contribution in [0.3, 0.4) is 0 Å². The molecule has 2 heterocycles. The molecule has 0 saturated carbocycles. The molecular weight excluding hydrogens is 276 g/mol. The van der Waals surface area contributed by atoms with E-state index in [2.05, 4.69) is 18.8 Å². The van der Waals surface area contributed by atoms with Crippen molar-refractivity contribution in [2.24, 2.45) is 5.92 Å². The number of piperidine rings is 1. The number of aromatic nitrogens is 1. The minimum atomic E-state index is -0.160. The molecular formula is C18H22N2O2. The van der Waals surface area contributed by atoms with Crippen LogP contribution in [0.25, 0.3) is 10.9 Å². The molecule has 0 radical (unpaired) electrons. The van der Waals surface area contributed by atoms with Crippen molar-refractivity contribution in [2.45, 2.75) is 33.1 Å². The van der Waals surface area contributed by atoms with Gasteiger partial charge in [-0.2, -0.15) is 0 Å². The quantitative estimate of drug-likeness (QED) is 0.926. The Bertz CT molecular complexity index is 755. The lowest BCUT2D eigenvalue weighted by molar-refractivity contribution is 0.0696. The first kappa shape index (κ1) is 14.8. The lowest BCUT2D eigenvalue weighted by Crippen LogP contribution is -2.39. The van der Waals surface area contributed by atoms with Gasteiger partial charge < -0.3 is 9.88 Å². The lowest BCUT2D eigenvalue weighted by atomic mass is 9.98. The number of benzene rings is 1. The van der Waals surface area contributed by atoms with Crippen LogP contribution < -0.4 is 5.43 Å². The predicted octanol–water partition coefficient (Wildman–Crippen LogP) is 2.96. The van der Waals surface area contributed by atoms with E-state index >= 15 is 0 Å². The number of pyridine rings is 1. The van der Waals surface area contributed by atoms with Crippen LogP contribution in [0.4, 0.5) is 0 Å². The number of aromatic amines is 1. The molecule has 1 saturated heterocycles. The molecule has 1 aromatic heterocycles. The molecule has 4 nitrogen and oxygen atoms in total. The molecule has 0 atom stereocenters. The molecule has 116 valence electrons. The highest BCUT2D eigenvalue weighted by atomic mass is 16.2. The van der Waals surface area contributed by atoms with Gasteiger partial charge in [0.05, 0.1) is 5.52 Å². The van der Waals surface area contributed by atoms with Crippen LogP contribution in [-0.2, 0) is 6.42 Å². The summed E-state index contributed by atoms with van der Waals surface area (Å²) in [4.78, 5) is 30.3. The largest absolute Gasteiger partial charge is 0.360 e. The molecule has 1 amide bonds. The summed E-state index contributed by atoms with van der Waals surface area (Å²) in [5, 5.41) is 0.607. The second-order valence-corrected chi connectivity index (χ2v) is 6.20. The highest BCUT2D eigenvalue weighted by Crippen LogP contribution is 2.19. The standard InChI is InChI=1S/C18H22N2O2/c1-3-13-5-4-6-14-16(13)19-11-15(17(14)21)18(22)20-9-7-12(2)8-10-20/h4-6,11-12H,3,7-10H2,1-2H3,(H,19,21). The van der Waals surface area contributed by atoms with Gasteiger partial charge in [-0.1, -0.05) is 26.0 Å². The van der Waals surface area contributed by atoms with Crippen LogP contribution in [0.1, 0.15) is 42.6 Å². The molecule has 1 aliphatic heterocycles. The third kappa shape index (κ3) is 2.54. The van der Waals surface area contributed by atoms with Gasteiger partial charge in [0.1, 0.15) is 5.56 Å². The highest BCUT2D eigenvalue weighted by molar-refractivity contribution is 5.97. The summed E-state index contributed by atoms with van der Waals surface area (Å²) in [7, 11) is 0. The van der Waals surface area contributed by atoms with Gasteiger partial charge in [-0.05, 0) is 36.8 Å². The van der Waals surface area contributed by atoms with E-state index < -0.39 is 0 Å². The Hall–Kier alpha value is -2.10. The van der Waals surface area contributed by atoms with Crippen LogP contribution in [-0.4, -0.2) is 28.9 Å². The van der Waals surface area contributed by atoms with Crippen molar-refractivity contribution in [1.29, 1.82) is 0 Å². The van der Waals surface area contributed by atoms with E-state index in [9.17, 15) is 9.59 Å². The monoisotopic (exact) mass is 298 g/mol. The van der Waals surface area contributed by atoms with E-state index in [0.29, 0.717) is 11.3 Å². The highest BCUT2D eigenvalue weighted by Gasteiger charge is 2.24. The second-order valence-electron chi connectivity index (χ2n) is 6.20. The Balaban J connectivity index is 2.00. The maximum atomic E-state index is 12.7. The van der Waals surface area contributed by atoms with E-state index in [-0.39, 0.29) is 16.9 Å². The van der Waals surface area contributed by atoms with Gasteiger partial charge in [0, 0.05) is 24.7 Å². The van der Waals surface area contributed by atoms with Crippen LogP contribution in [0, 0.1) is 5.92 Å². The van der Waals surface area contributed by atoms with Crippen LogP contribution in [0.5, 0.6) is 0 Å². The first-order chi connectivity index (χ1) is 10.6. The molecule has 4 heteroatoms. The molecule has 1 N–H and O–H groups in total. The van der Waals surface area contributed by atoms with Crippen molar-refractivity contribution >= 4 is 16.8 Å². The number of hydrogen-bond acceptors (Lipinski definition) is 2. The molecule has 22 heavy (non-hydrogen) atoms. The Labute approximate surface area is 130 Å². The maximum absolute atomic E-state index is 12.7. The number of hydrogen-bond donors (Lipinski definition) is 1. The Morgan fingerprint density at radius 1 is 1.32 bits per heavy atom. The van der Waals surface area contributed by atoms with Gasteiger partial charge in [0.15, 0.2) is 0 Å². The minimum Gasteiger partial charge on any atom is -0.360 e. The summed E-state index contributed by atoms with van der Waals surface area (Å²) in [6, 6.07) is 5.68. The number of nitrogens with one attached hydrogen (secondary N) is 1. The Kier molecular flexibility index (Phi) is 4.01. The van der Waals surface area contributed by atoms with E-state index in [4.69, 9.17) is 0 Å². The third-order valence-electron chi connectivity index (χ3n) is 4.68. The first-order valence-corrected chi connectivity index (χ1v) is 8.04. The fraction of sp³-hybridized carbons (Fsp3) is 0.444. The third-order valence-corrected chi connectivity index (χ3v) is 4.68. The lowest BCUT2D eigenvalue weighted by Gasteiger charge is -2.30. The predicted molar refractivity (Wildman–Crippen MR) is 88.2 cm³/mol. The maximum Gasteiger partial charge on any atom is 0.259 e. The molecule has 0 spiro atoms. The summed E-state index contributed by atoms with van der Waals surface area (Å²) in [6.45, 7) is 5.75. The average molecular weight is 298 g/mol. The number of aryl methyl sites for hydroxylation is 1. The van der Waals surface area contributed by atoms with E-state index in [0.717, 1.165) is 43.4 Å². The van der Waals surface area contributed by atoms with Crippen molar-refractivity contribution in [2.75, 3.05) is 13.1 Å². The van der Waals surface area contributed by atoms with Crippen molar-refractivity contribution in [1.82, 2.24) is 9.88 Å². The molecule has 1 fully saturated rings. The topological polar surface area (TPSA) is 53.2 Å². The summed E-state index contributed by atoms with van der Waals surface area (Å²) in [5.74, 6) is 0.517. The second kappa shape index (κ2) is 5.95. The van der Waals surface area contributed by atoms with Gasteiger partial charge in [-0.15, -0.1) is 0 Å². The number of amides is 1. The summed E-state index contributed by atoms with van der Waals surface area (Å²) in [5.41, 5.74) is 2.04. The van der Waals surface area contributed by atoms with Crippen LogP contribution in [0.15, 0.2) is 29.2 Å². The van der Waals surface area contributed by atoms with Crippen molar-refractivity contribution < 1.29 is 4.79 Å². The summed E-state index contributed by atoms with van der Waals surface area (Å²) < 4.78 is 0. The van der Waals surface area contributed by atoms with Crippen molar-refractivity contribution in [3.8, 4) is 0 Å². The van der Waals surface area contributed by atoms with E-state index in [1.54, 1.807) is 17.2 Å². The summed E-state index contributed by atoms with van der Waals surface area (Å²) >= 11 is 0. The first-order valence-electron chi connectivity index (χ1n) is 8.04. The molecule has 1 aliphatic rings. The fourth-order valence-electron chi connectivity index (χ4n) is 3.15. The Morgan fingerprint density at radius 2 is 2.05 bits per heavy atom. The smallest absolute Gasteiger partial charge is 0.259 e. The Morgan fingerprint density at radius 3 is 2.73 bits per heavy atom. The number of para-hydroxylation sites is 1. The molecule has 2 aromatic rings. The molecule has 0 aliphatic carbocycles. The summed E-state index contributed by atoms with van der Waals surface area (Å²) in [6.07, 6.45) is 4.46. The zero-order chi connectivity index (χ0) is 15.7. The number of H-pyrrole nitrogens is 1. The van der Waals surface area contributed by atoms with Gasteiger partial charge in [-0.3, -0.25) is 9.59 Å². The SMILES string of the molecule is CCc1cccc2c(=O)c(C(=O)N3CCC(C)CC3)c[nH]c12. The number of nitrogens with zero attached hydrogens (tertiary/aromatic N) is 1. The van der Waals surface area contributed by atoms with Gasteiger partial charge >= 0.3 is 0 Å². The molecule has 0 bridgehead atoms. The fourth-order valence-corrected chi connectivity index (χ4v) is 3.15. The number of rotatable bonds is 2. The van der Waals surface area contributed by atoms with Crippen molar-refractivity contribution in [3.63, 3.8) is 0 Å². The van der Waals surface area contributed by atoms with E-state index in [1.165, 1.54) is 0 Å². The van der Waals surface area contributed by atoms with Gasteiger partial charge in [0.2, 0.25) is 5.43 Å². The van der Waals surface area contributed by atoms with E-state index in [1.807, 2.05) is 12.1 Å². The van der Waals surface area contributed by atoms with Gasteiger partial charge in [-0.25, -0.2) is 0 Å². The van der Waals surface area contributed by atoms with Gasteiger partial charge in [0.25, 0.3) is 5.91 Å². The number of fused-ring (bicyclic) bond motifs is 1. The number of carbonyl (C=O) groups excluding carboxylic acids is 1. The minimum absolute atomic E-state index is 0.142. The van der Waals surface area contributed by atoms with Crippen LogP contribution in [0.2, 0.25) is 0 Å². The molecule has 0 unspecified atom stereocenters. The average Bonchev–Trinajstić information content (AvgIpc) is 2.55. The zero-order valence-electron chi connectivity index (χ0n) is 13.2. The van der Waals surface area contributed by atoms with Crippen molar-refractivity contribution in [3.05, 3.63) is 45.7 Å². The van der Waals surface area contributed by atoms with Crippen LogP contribution >= 0.6 is 0 Å². The number of likely N-dealkylation sites (tertiary alicyclic amines) is 1. The molecule has 3 rings (SSSR count). The zero-order valence-corrected chi connectivity index (χ0v) is 13.2. The normalized spacial score (nSPS) is 16.2. The molecule has 1 aromatic carbocycles.